The average molecular weight is 280 g/mol. The van der Waals surface area contributed by atoms with E-state index in [0.29, 0.717) is 0 Å². The van der Waals surface area contributed by atoms with Gasteiger partial charge in [-0.25, -0.2) is 0 Å². The van der Waals surface area contributed by atoms with Crippen molar-refractivity contribution in [2.75, 3.05) is 0 Å². The molecule has 110 valence electrons. The molecular weight excluding hydrogens is 256 g/mol. The Morgan fingerprint density at radius 3 is 2.67 bits per heavy atom. The van der Waals surface area contributed by atoms with Gasteiger partial charge in [-0.3, -0.25) is 0 Å². The van der Waals surface area contributed by atoms with E-state index in [4.69, 9.17) is 0 Å². The van der Waals surface area contributed by atoms with Gasteiger partial charge in [0.25, 0.3) is 0 Å². The lowest BCUT2D eigenvalue weighted by atomic mass is 9.83. The van der Waals surface area contributed by atoms with Gasteiger partial charge in [-0.2, -0.15) is 0 Å². The monoisotopic (exact) mass is 280 g/mol. The van der Waals surface area contributed by atoms with Gasteiger partial charge in [0.15, 0.2) is 0 Å². The molecule has 4 atom stereocenters. The maximum Gasteiger partial charge on any atom is 0.0583 e. The Bertz CT molecular complexity index is 627. The summed E-state index contributed by atoms with van der Waals surface area (Å²) in [7, 11) is 0. The Kier molecular flexibility index (Phi) is 3.46. The standard InChI is InChI=1S/C20H24O/c21-19(13-18-11-14-8-9-16(18)10-14)12-17-6-3-5-15-4-1-2-7-20(15)17/h1-7,14,16,18-19,21H,8-13H2. The van der Waals surface area contributed by atoms with Crippen LogP contribution in [-0.4, -0.2) is 11.2 Å². The van der Waals surface area contributed by atoms with Crippen LogP contribution in [0.5, 0.6) is 0 Å². The summed E-state index contributed by atoms with van der Waals surface area (Å²) in [6, 6.07) is 14.9. The minimum absolute atomic E-state index is 0.180. The molecule has 0 saturated heterocycles. The fraction of sp³-hybridized carbons (Fsp3) is 0.500. The highest BCUT2D eigenvalue weighted by molar-refractivity contribution is 5.85. The molecule has 0 amide bonds. The van der Waals surface area contributed by atoms with Crippen LogP contribution in [0.4, 0.5) is 0 Å². The number of fused-ring (bicyclic) bond motifs is 3. The lowest BCUT2D eigenvalue weighted by molar-refractivity contribution is 0.125. The molecule has 2 aliphatic carbocycles. The lowest BCUT2D eigenvalue weighted by Gasteiger charge is -2.24. The molecule has 2 bridgehead atoms. The Morgan fingerprint density at radius 1 is 1.00 bits per heavy atom. The van der Waals surface area contributed by atoms with Gasteiger partial charge in [0.05, 0.1) is 6.10 Å². The van der Waals surface area contributed by atoms with Crippen LogP contribution in [0.25, 0.3) is 10.8 Å². The topological polar surface area (TPSA) is 20.2 Å². The van der Waals surface area contributed by atoms with Crippen molar-refractivity contribution >= 4 is 10.8 Å². The zero-order valence-electron chi connectivity index (χ0n) is 12.5. The van der Waals surface area contributed by atoms with Crippen LogP contribution in [-0.2, 0) is 6.42 Å². The van der Waals surface area contributed by atoms with E-state index in [1.165, 1.54) is 42.0 Å². The molecule has 4 rings (SSSR count). The molecule has 0 heterocycles. The van der Waals surface area contributed by atoms with Crippen molar-refractivity contribution in [3.8, 4) is 0 Å². The van der Waals surface area contributed by atoms with Crippen molar-refractivity contribution < 1.29 is 5.11 Å². The van der Waals surface area contributed by atoms with E-state index >= 15 is 0 Å². The van der Waals surface area contributed by atoms with Gasteiger partial charge in [0, 0.05) is 0 Å². The van der Waals surface area contributed by atoms with Crippen LogP contribution in [0.1, 0.15) is 37.7 Å². The zero-order chi connectivity index (χ0) is 14.2. The van der Waals surface area contributed by atoms with Gasteiger partial charge in [0.2, 0.25) is 0 Å². The molecule has 21 heavy (non-hydrogen) atoms. The first-order valence-electron chi connectivity index (χ1n) is 8.44. The van der Waals surface area contributed by atoms with Gasteiger partial charge in [-0.05, 0) is 66.2 Å². The van der Waals surface area contributed by atoms with Gasteiger partial charge >= 0.3 is 0 Å². The maximum atomic E-state index is 10.6. The largest absolute Gasteiger partial charge is 0.393 e. The van der Waals surface area contributed by atoms with Crippen LogP contribution in [0.3, 0.4) is 0 Å². The summed E-state index contributed by atoms with van der Waals surface area (Å²) >= 11 is 0. The predicted molar refractivity (Wildman–Crippen MR) is 87.2 cm³/mol. The number of rotatable bonds is 4. The summed E-state index contributed by atoms with van der Waals surface area (Å²) in [6.45, 7) is 0. The molecule has 0 spiro atoms. The number of hydrogen-bond acceptors (Lipinski definition) is 1. The van der Waals surface area contributed by atoms with Gasteiger partial charge in [0.1, 0.15) is 0 Å². The van der Waals surface area contributed by atoms with E-state index in [0.717, 1.165) is 30.6 Å². The van der Waals surface area contributed by atoms with Gasteiger partial charge < -0.3 is 5.11 Å². The third-order valence-corrected chi connectivity index (χ3v) is 5.79. The predicted octanol–water partition coefficient (Wildman–Crippen LogP) is 4.57. The molecule has 4 unspecified atom stereocenters. The summed E-state index contributed by atoms with van der Waals surface area (Å²) in [5.74, 6) is 2.68. The lowest BCUT2D eigenvalue weighted by Crippen LogP contribution is -2.20. The SMILES string of the molecule is OC(Cc1cccc2ccccc12)CC1CC2CCC1C2. The first kappa shape index (κ1) is 13.3. The summed E-state index contributed by atoms with van der Waals surface area (Å²) in [5.41, 5.74) is 1.30. The number of aliphatic hydroxyl groups excluding tert-OH is 1. The molecule has 1 N–H and O–H groups in total. The van der Waals surface area contributed by atoms with Crippen molar-refractivity contribution in [2.45, 2.75) is 44.6 Å². The summed E-state index contributed by atoms with van der Waals surface area (Å²) in [6.07, 6.45) is 7.29. The molecule has 0 radical (unpaired) electrons. The van der Waals surface area contributed by atoms with Crippen molar-refractivity contribution in [3.05, 3.63) is 48.0 Å². The third-order valence-electron chi connectivity index (χ3n) is 5.79. The van der Waals surface area contributed by atoms with E-state index in [9.17, 15) is 5.11 Å². The van der Waals surface area contributed by atoms with Crippen LogP contribution in [0, 0.1) is 17.8 Å². The number of hydrogen-bond donors (Lipinski definition) is 1. The first-order valence-corrected chi connectivity index (χ1v) is 8.44. The smallest absolute Gasteiger partial charge is 0.0583 e. The Labute approximate surface area is 127 Å². The molecule has 2 aliphatic rings. The molecule has 2 aromatic carbocycles. The number of aliphatic hydroxyl groups is 1. The second-order valence-corrected chi connectivity index (χ2v) is 7.17. The summed E-state index contributed by atoms with van der Waals surface area (Å²) in [5, 5.41) is 13.1. The number of benzene rings is 2. The van der Waals surface area contributed by atoms with E-state index in [2.05, 4.69) is 42.5 Å². The van der Waals surface area contributed by atoms with E-state index < -0.39 is 0 Å². The molecule has 1 heteroatoms. The molecular formula is C20H24O. The normalized spacial score (nSPS) is 29.1. The van der Waals surface area contributed by atoms with Crippen LogP contribution >= 0.6 is 0 Å². The van der Waals surface area contributed by atoms with Gasteiger partial charge in [-0.1, -0.05) is 48.9 Å². The van der Waals surface area contributed by atoms with Crippen LogP contribution in [0.15, 0.2) is 42.5 Å². The van der Waals surface area contributed by atoms with Crippen LogP contribution < -0.4 is 0 Å². The molecule has 1 nitrogen and oxygen atoms in total. The van der Waals surface area contributed by atoms with E-state index in [1.807, 2.05) is 0 Å². The Balaban J connectivity index is 1.47. The fourth-order valence-corrected chi connectivity index (χ4v) is 4.82. The second-order valence-electron chi connectivity index (χ2n) is 7.17. The van der Waals surface area contributed by atoms with Crippen molar-refractivity contribution in [1.82, 2.24) is 0 Å². The molecule has 0 aliphatic heterocycles. The van der Waals surface area contributed by atoms with Crippen LogP contribution in [0.2, 0.25) is 0 Å². The Morgan fingerprint density at radius 2 is 1.86 bits per heavy atom. The molecule has 2 fully saturated rings. The summed E-state index contributed by atoms with van der Waals surface area (Å²) < 4.78 is 0. The van der Waals surface area contributed by atoms with Crippen molar-refractivity contribution in [1.29, 1.82) is 0 Å². The van der Waals surface area contributed by atoms with E-state index in [1.54, 1.807) is 0 Å². The molecule has 2 aromatic rings. The Hall–Kier alpha value is -1.34. The molecule has 2 saturated carbocycles. The van der Waals surface area contributed by atoms with E-state index in [-0.39, 0.29) is 6.10 Å². The quantitative estimate of drug-likeness (QED) is 0.870. The maximum absolute atomic E-state index is 10.6. The zero-order valence-corrected chi connectivity index (χ0v) is 12.5. The fourth-order valence-electron chi connectivity index (χ4n) is 4.82. The second kappa shape index (κ2) is 5.46. The van der Waals surface area contributed by atoms with Gasteiger partial charge in [-0.15, -0.1) is 0 Å². The van der Waals surface area contributed by atoms with Crippen molar-refractivity contribution in [2.24, 2.45) is 17.8 Å². The minimum Gasteiger partial charge on any atom is -0.393 e. The highest BCUT2D eigenvalue weighted by atomic mass is 16.3. The molecule has 0 aromatic heterocycles. The summed E-state index contributed by atoms with van der Waals surface area (Å²) in [4.78, 5) is 0. The highest BCUT2D eigenvalue weighted by Gasteiger charge is 2.39. The average Bonchev–Trinajstić information content (AvgIpc) is 3.10. The van der Waals surface area contributed by atoms with Crippen molar-refractivity contribution in [3.63, 3.8) is 0 Å². The highest BCUT2D eigenvalue weighted by Crippen LogP contribution is 2.50. The first-order chi connectivity index (χ1) is 10.3. The minimum atomic E-state index is -0.180. The third kappa shape index (κ3) is 2.60.